The van der Waals surface area contributed by atoms with E-state index in [-0.39, 0.29) is 6.04 Å². The Labute approximate surface area is 111 Å². The third kappa shape index (κ3) is 2.19. The van der Waals surface area contributed by atoms with Gasteiger partial charge in [-0.3, -0.25) is 10.8 Å². The molecule has 3 rings (SSSR count). The highest BCUT2D eigenvalue weighted by Crippen LogP contribution is 2.31. The van der Waals surface area contributed by atoms with E-state index in [1.165, 1.54) is 35.1 Å². The monoisotopic (exact) mass is 259 g/mol. The summed E-state index contributed by atoms with van der Waals surface area (Å²) in [5.41, 5.74) is 6.58. The Morgan fingerprint density at radius 3 is 3.11 bits per heavy atom. The largest absolute Gasteiger partial charge is 0.271 e. The first-order valence-corrected chi connectivity index (χ1v) is 7.24. The third-order valence-electron chi connectivity index (χ3n) is 3.52. The Balaban J connectivity index is 1.96. The van der Waals surface area contributed by atoms with Crippen LogP contribution in [-0.4, -0.2) is 4.98 Å². The predicted octanol–water partition coefficient (Wildman–Crippen LogP) is 3.30. The Hall–Kier alpha value is -1.23. The summed E-state index contributed by atoms with van der Waals surface area (Å²) in [6.45, 7) is 0. The fourth-order valence-electron chi connectivity index (χ4n) is 2.56. The summed E-state index contributed by atoms with van der Waals surface area (Å²) < 4.78 is 1.23. The second kappa shape index (κ2) is 5.18. The van der Waals surface area contributed by atoms with Gasteiger partial charge in [-0.15, -0.1) is 11.3 Å². The summed E-state index contributed by atoms with van der Waals surface area (Å²) in [6.07, 6.45) is 9.13. The summed E-state index contributed by atoms with van der Waals surface area (Å²) in [7, 11) is 0. The standard InChI is InChI=1S/C14H17N3S/c15-17-14(10-4-2-1-3-5-10)11-8-13-12(16-9-11)6-7-18-13/h4,6-9,14,17H,1-3,5,15H2. The zero-order chi connectivity index (χ0) is 12.4. The number of aromatic nitrogens is 1. The van der Waals surface area contributed by atoms with Gasteiger partial charge >= 0.3 is 0 Å². The number of hydrogen-bond acceptors (Lipinski definition) is 4. The normalized spacial score (nSPS) is 17.7. The van der Waals surface area contributed by atoms with Crippen LogP contribution in [0.2, 0.25) is 0 Å². The van der Waals surface area contributed by atoms with Crippen LogP contribution >= 0.6 is 11.3 Å². The molecule has 0 bridgehead atoms. The van der Waals surface area contributed by atoms with Crippen molar-refractivity contribution in [2.75, 3.05) is 0 Å². The first-order valence-electron chi connectivity index (χ1n) is 6.36. The molecule has 1 unspecified atom stereocenters. The number of nitrogens with two attached hydrogens (primary N) is 1. The SMILES string of the molecule is NNC(C1=CCCCC1)c1cnc2ccsc2c1. The summed E-state index contributed by atoms with van der Waals surface area (Å²) in [5, 5.41) is 2.08. The number of allylic oxidation sites excluding steroid dienone is 1. The molecule has 2 aromatic heterocycles. The fourth-order valence-corrected chi connectivity index (χ4v) is 3.35. The number of pyridine rings is 1. The van der Waals surface area contributed by atoms with Crippen LogP contribution in [0.3, 0.4) is 0 Å². The van der Waals surface area contributed by atoms with Crippen molar-refractivity contribution in [2.24, 2.45) is 5.84 Å². The first-order chi connectivity index (χ1) is 8.88. The van der Waals surface area contributed by atoms with Crippen molar-refractivity contribution in [3.8, 4) is 0 Å². The molecule has 94 valence electrons. The number of nitrogens with zero attached hydrogens (tertiary/aromatic N) is 1. The zero-order valence-electron chi connectivity index (χ0n) is 10.2. The molecular formula is C14H17N3S. The molecule has 1 aliphatic carbocycles. The molecule has 0 aromatic carbocycles. The van der Waals surface area contributed by atoms with Crippen LogP contribution in [-0.2, 0) is 0 Å². The highest BCUT2D eigenvalue weighted by Gasteiger charge is 2.17. The molecule has 0 saturated carbocycles. The highest BCUT2D eigenvalue weighted by molar-refractivity contribution is 7.17. The average molecular weight is 259 g/mol. The Morgan fingerprint density at radius 2 is 2.33 bits per heavy atom. The minimum Gasteiger partial charge on any atom is -0.271 e. The molecule has 3 N–H and O–H groups in total. The van der Waals surface area contributed by atoms with Crippen LogP contribution in [0.15, 0.2) is 35.4 Å². The molecule has 0 radical (unpaired) electrons. The minimum atomic E-state index is 0.115. The van der Waals surface area contributed by atoms with E-state index < -0.39 is 0 Å². The van der Waals surface area contributed by atoms with Gasteiger partial charge in [-0.2, -0.15) is 0 Å². The number of hydrogen-bond donors (Lipinski definition) is 2. The van der Waals surface area contributed by atoms with Crippen molar-refractivity contribution in [1.82, 2.24) is 10.4 Å². The van der Waals surface area contributed by atoms with Crippen molar-refractivity contribution in [1.29, 1.82) is 0 Å². The van der Waals surface area contributed by atoms with Gasteiger partial charge in [0, 0.05) is 6.20 Å². The van der Waals surface area contributed by atoms with E-state index in [1.807, 2.05) is 6.20 Å². The van der Waals surface area contributed by atoms with Gasteiger partial charge in [-0.1, -0.05) is 11.6 Å². The number of fused-ring (bicyclic) bond motifs is 1. The fraction of sp³-hybridized carbons (Fsp3) is 0.357. The molecule has 4 heteroatoms. The predicted molar refractivity (Wildman–Crippen MR) is 76.2 cm³/mol. The van der Waals surface area contributed by atoms with Gasteiger partial charge in [-0.25, -0.2) is 5.43 Å². The molecule has 18 heavy (non-hydrogen) atoms. The Kier molecular flexibility index (Phi) is 3.41. The zero-order valence-corrected chi connectivity index (χ0v) is 11.0. The van der Waals surface area contributed by atoms with Crippen LogP contribution in [0.4, 0.5) is 0 Å². The second-order valence-electron chi connectivity index (χ2n) is 4.70. The van der Waals surface area contributed by atoms with Gasteiger partial charge in [0.15, 0.2) is 0 Å². The maximum absolute atomic E-state index is 5.74. The molecule has 0 spiro atoms. The maximum atomic E-state index is 5.74. The smallest absolute Gasteiger partial charge is 0.0809 e. The number of thiophene rings is 1. The van der Waals surface area contributed by atoms with Crippen LogP contribution in [0, 0.1) is 0 Å². The Bertz CT molecular complexity index is 573. The minimum absolute atomic E-state index is 0.115. The average Bonchev–Trinajstić information content (AvgIpc) is 2.88. The summed E-state index contributed by atoms with van der Waals surface area (Å²) in [4.78, 5) is 4.49. The van der Waals surface area contributed by atoms with Crippen molar-refractivity contribution in [2.45, 2.75) is 31.7 Å². The van der Waals surface area contributed by atoms with E-state index in [0.29, 0.717) is 0 Å². The molecule has 0 fully saturated rings. The molecule has 0 aliphatic heterocycles. The van der Waals surface area contributed by atoms with Gasteiger partial charge in [-0.05, 0) is 48.8 Å². The van der Waals surface area contributed by atoms with Crippen molar-refractivity contribution < 1.29 is 0 Å². The topological polar surface area (TPSA) is 50.9 Å². The molecule has 3 nitrogen and oxygen atoms in total. The first kappa shape index (κ1) is 11.8. The molecular weight excluding hydrogens is 242 g/mol. The van der Waals surface area contributed by atoms with Gasteiger partial charge in [0.05, 0.1) is 16.3 Å². The highest BCUT2D eigenvalue weighted by atomic mass is 32.1. The molecule has 2 aromatic rings. The number of hydrazine groups is 1. The lowest BCUT2D eigenvalue weighted by Gasteiger charge is -2.22. The number of rotatable bonds is 3. The van der Waals surface area contributed by atoms with Gasteiger partial charge in [0.25, 0.3) is 0 Å². The van der Waals surface area contributed by atoms with E-state index in [0.717, 1.165) is 11.9 Å². The lowest BCUT2D eigenvalue weighted by atomic mass is 9.91. The molecule has 1 atom stereocenters. The third-order valence-corrected chi connectivity index (χ3v) is 4.37. The molecule has 0 saturated heterocycles. The quantitative estimate of drug-likeness (QED) is 0.505. The van der Waals surface area contributed by atoms with Crippen molar-refractivity contribution in [3.05, 3.63) is 40.9 Å². The van der Waals surface area contributed by atoms with E-state index in [1.54, 1.807) is 11.3 Å². The van der Waals surface area contributed by atoms with Crippen molar-refractivity contribution >= 4 is 21.6 Å². The van der Waals surface area contributed by atoms with Crippen LogP contribution in [0.1, 0.15) is 37.3 Å². The van der Waals surface area contributed by atoms with Gasteiger partial charge < -0.3 is 0 Å². The van der Waals surface area contributed by atoms with Gasteiger partial charge in [0.1, 0.15) is 0 Å². The van der Waals surface area contributed by atoms with Crippen LogP contribution in [0.5, 0.6) is 0 Å². The summed E-state index contributed by atoms with van der Waals surface area (Å²) in [6, 6.07) is 4.37. The second-order valence-corrected chi connectivity index (χ2v) is 5.64. The van der Waals surface area contributed by atoms with Crippen LogP contribution < -0.4 is 11.3 Å². The molecule has 1 aliphatic rings. The summed E-state index contributed by atoms with van der Waals surface area (Å²) >= 11 is 1.73. The van der Waals surface area contributed by atoms with Gasteiger partial charge in [0.2, 0.25) is 0 Å². The number of nitrogens with one attached hydrogen (secondary N) is 1. The molecule has 2 heterocycles. The van der Waals surface area contributed by atoms with Crippen LogP contribution in [0.25, 0.3) is 10.2 Å². The van der Waals surface area contributed by atoms with Crippen molar-refractivity contribution in [3.63, 3.8) is 0 Å². The van der Waals surface area contributed by atoms with E-state index in [9.17, 15) is 0 Å². The Morgan fingerprint density at radius 1 is 1.39 bits per heavy atom. The van der Waals surface area contributed by atoms with E-state index in [4.69, 9.17) is 5.84 Å². The van der Waals surface area contributed by atoms with E-state index >= 15 is 0 Å². The lowest BCUT2D eigenvalue weighted by molar-refractivity contribution is 0.565. The summed E-state index contributed by atoms with van der Waals surface area (Å²) in [5.74, 6) is 5.74. The maximum Gasteiger partial charge on any atom is 0.0809 e. The lowest BCUT2D eigenvalue weighted by Crippen LogP contribution is -2.30. The van der Waals surface area contributed by atoms with E-state index in [2.05, 4.69) is 34.0 Å². The molecule has 0 amide bonds.